The Kier molecular flexibility index (Phi) is 5.47. The molecule has 1 aromatic carbocycles. The SMILES string of the molecule is CCCCN(CCO)c1ccc(N)c(C(F)(F)F)c1. The maximum absolute atomic E-state index is 12.8. The van der Waals surface area contributed by atoms with Crippen LogP contribution in [-0.4, -0.2) is 24.8 Å². The highest BCUT2D eigenvalue weighted by molar-refractivity contribution is 5.59. The first-order valence-electron chi connectivity index (χ1n) is 6.22. The van der Waals surface area contributed by atoms with Crippen LogP contribution < -0.4 is 10.6 Å². The van der Waals surface area contributed by atoms with Crippen molar-refractivity contribution in [2.75, 3.05) is 30.3 Å². The number of nitrogens with two attached hydrogens (primary N) is 1. The molecule has 0 saturated heterocycles. The van der Waals surface area contributed by atoms with Gasteiger partial charge in [0, 0.05) is 24.5 Å². The van der Waals surface area contributed by atoms with Crippen LogP contribution in [0, 0.1) is 0 Å². The zero-order chi connectivity index (χ0) is 14.5. The minimum absolute atomic E-state index is 0.102. The van der Waals surface area contributed by atoms with E-state index >= 15 is 0 Å². The van der Waals surface area contributed by atoms with Crippen LogP contribution in [0.1, 0.15) is 25.3 Å². The molecule has 0 aromatic heterocycles. The molecule has 0 radical (unpaired) electrons. The summed E-state index contributed by atoms with van der Waals surface area (Å²) in [6, 6.07) is 3.85. The van der Waals surface area contributed by atoms with Crippen molar-refractivity contribution in [3.63, 3.8) is 0 Å². The third-order valence-corrected chi connectivity index (χ3v) is 2.86. The van der Waals surface area contributed by atoms with Gasteiger partial charge >= 0.3 is 6.18 Å². The normalized spacial score (nSPS) is 11.6. The fraction of sp³-hybridized carbons (Fsp3) is 0.538. The van der Waals surface area contributed by atoms with Crippen LogP contribution >= 0.6 is 0 Å². The average Bonchev–Trinajstić information content (AvgIpc) is 2.34. The lowest BCUT2D eigenvalue weighted by Crippen LogP contribution is -2.28. The summed E-state index contributed by atoms with van der Waals surface area (Å²) in [6.07, 6.45) is -2.68. The molecule has 0 bridgehead atoms. The second-order valence-corrected chi connectivity index (χ2v) is 4.33. The number of hydrogen-bond donors (Lipinski definition) is 2. The molecular weight excluding hydrogens is 257 g/mol. The molecule has 1 rings (SSSR count). The van der Waals surface area contributed by atoms with Crippen LogP contribution in [0.15, 0.2) is 18.2 Å². The molecule has 6 heteroatoms. The molecule has 19 heavy (non-hydrogen) atoms. The number of halogens is 3. The highest BCUT2D eigenvalue weighted by atomic mass is 19.4. The number of aliphatic hydroxyl groups is 1. The Bertz CT molecular complexity index is 407. The third kappa shape index (κ3) is 4.31. The highest BCUT2D eigenvalue weighted by Gasteiger charge is 2.33. The molecule has 108 valence electrons. The maximum atomic E-state index is 12.8. The first-order chi connectivity index (χ1) is 8.90. The van der Waals surface area contributed by atoms with E-state index < -0.39 is 11.7 Å². The Morgan fingerprint density at radius 1 is 1.26 bits per heavy atom. The fourth-order valence-electron chi connectivity index (χ4n) is 1.83. The van der Waals surface area contributed by atoms with Gasteiger partial charge in [-0.15, -0.1) is 0 Å². The maximum Gasteiger partial charge on any atom is 0.418 e. The highest BCUT2D eigenvalue weighted by Crippen LogP contribution is 2.35. The van der Waals surface area contributed by atoms with Gasteiger partial charge in [-0.05, 0) is 24.6 Å². The van der Waals surface area contributed by atoms with E-state index in [1.807, 2.05) is 6.92 Å². The molecule has 0 aliphatic carbocycles. The van der Waals surface area contributed by atoms with Crippen molar-refractivity contribution in [1.29, 1.82) is 0 Å². The molecule has 0 saturated carbocycles. The summed E-state index contributed by atoms with van der Waals surface area (Å²) in [7, 11) is 0. The van der Waals surface area contributed by atoms with Crippen LogP contribution in [0.5, 0.6) is 0 Å². The van der Waals surface area contributed by atoms with Gasteiger partial charge in [-0.2, -0.15) is 13.2 Å². The van der Waals surface area contributed by atoms with Crippen LogP contribution in [-0.2, 0) is 6.18 Å². The summed E-state index contributed by atoms with van der Waals surface area (Å²) in [4.78, 5) is 1.73. The molecule has 0 amide bonds. The van der Waals surface area contributed by atoms with E-state index in [0.717, 1.165) is 18.9 Å². The third-order valence-electron chi connectivity index (χ3n) is 2.86. The van der Waals surface area contributed by atoms with Crippen molar-refractivity contribution in [3.8, 4) is 0 Å². The van der Waals surface area contributed by atoms with Gasteiger partial charge in [0.05, 0.1) is 12.2 Å². The molecule has 0 aliphatic rings. The first-order valence-corrected chi connectivity index (χ1v) is 6.22. The predicted octanol–water partition coefficient (Wildman–Crippen LogP) is 2.89. The van der Waals surface area contributed by atoms with E-state index in [1.165, 1.54) is 6.07 Å². The Balaban J connectivity index is 3.03. The summed E-state index contributed by atoms with van der Waals surface area (Å²) in [5.74, 6) is 0. The number of nitrogens with zero attached hydrogens (tertiary/aromatic N) is 1. The summed E-state index contributed by atoms with van der Waals surface area (Å²) >= 11 is 0. The van der Waals surface area contributed by atoms with Crippen molar-refractivity contribution in [2.45, 2.75) is 25.9 Å². The minimum Gasteiger partial charge on any atom is -0.398 e. The molecule has 1 aromatic rings. The second-order valence-electron chi connectivity index (χ2n) is 4.33. The predicted molar refractivity (Wildman–Crippen MR) is 70.1 cm³/mol. The van der Waals surface area contributed by atoms with Gasteiger partial charge in [-0.1, -0.05) is 13.3 Å². The minimum atomic E-state index is -4.46. The van der Waals surface area contributed by atoms with Crippen molar-refractivity contribution >= 4 is 11.4 Å². The van der Waals surface area contributed by atoms with E-state index in [4.69, 9.17) is 10.8 Å². The molecule has 3 nitrogen and oxygen atoms in total. The van der Waals surface area contributed by atoms with Crippen molar-refractivity contribution in [2.24, 2.45) is 0 Å². The number of nitrogen functional groups attached to an aromatic ring is 1. The number of alkyl halides is 3. The van der Waals surface area contributed by atoms with E-state index in [2.05, 4.69) is 0 Å². The van der Waals surface area contributed by atoms with Crippen molar-refractivity contribution < 1.29 is 18.3 Å². The van der Waals surface area contributed by atoms with Gasteiger partial charge in [0.25, 0.3) is 0 Å². The molecule has 0 heterocycles. The number of anilines is 2. The number of unbranched alkanes of at least 4 members (excludes halogenated alkanes) is 1. The van der Waals surface area contributed by atoms with Crippen LogP contribution in [0.3, 0.4) is 0 Å². The number of aliphatic hydroxyl groups excluding tert-OH is 1. The second kappa shape index (κ2) is 6.65. The van der Waals surface area contributed by atoms with E-state index in [9.17, 15) is 13.2 Å². The standard InChI is InChI=1S/C13H19F3N2O/c1-2-3-6-18(7-8-19)10-4-5-12(17)11(9-10)13(14,15)16/h4-5,9,19H,2-3,6-8,17H2,1H3. The first kappa shape index (κ1) is 15.6. The largest absolute Gasteiger partial charge is 0.418 e. The fourth-order valence-corrected chi connectivity index (χ4v) is 1.83. The molecule has 3 N–H and O–H groups in total. The number of rotatable bonds is 6. The number of benzene rings is 1. The van der Waals surface area contributed by atoms with E-state index in [1.54, 1.807) is 11.0 Å². The van der Waals surface area contributed by atoms with Crippen LogP contribution in [0.2, 0.25) is 0 Å². The van der Waals surface area contributed by atoms with Gasteiger partial charge < -0.3 is 15.7 Å². The molecule has 0 fully saturated rings. The van der Waals surface area contributed by atoms with E-state index in [-0.39, 0.29) is 12.3 Å². The lowest BCUT2D eigenvalue weighted by Gasteiger charge is -2.25. The van der Waals surface area contributed by atoms with Crippen molar-refractivity contribution in [1.82, 2.24) is 0 Å². The Labute approximate surface area is 110 Å². The van der Waals surface area contributed by atoms with E-state index in [0.29, 0.717) is 18.8 Å². The van der Waals surface area contributed by atoms with Gasteiger partial charge in [0.15, 0.2) is 0 Å². The molecular formula is C13H19F3N2O. The van der Waals surface area contributed by atoms with Gasteiger partial charge in [-0.25, -0.2) is 0 Å². The molecule has 0 spiro atoms. The summed E-state index contributed by atoms with van der Waals surface area (Å²) in [5.41, 5.74) is 4.69. The Morgan fingerprint density at radius 2 is 1.95 bits per heavy atom. The molecule has 0 atom stereocenters. The Hall–Kier alpha value is -1.43. The van der Waals surface area contributed by atoms with Crippen molar-refractivity contribution in [3.05, 3.63) is 23.8 Å². The zero-order valence-electron chi connectivity index (χ0n) is 10.9. The summed E-state index contributed by atoms with van der Waals surface area (Å²) in [5, 5.41) is 8.99. The summed E-state index contributed by atoms with van der Waals surface area (Å²) in [6.45, 7) is 2.82. The van der Waals surface area contributed by atoms with Gasteiger partial charge in [0.2, 0.25) is 0 Å². The zero-order valence-corrected chi connectivity index (χ0v) is 10.9. The number of hydrogen-bond acceptors (Lipinski definition) is 3. The van der Waals surface area contributed by atoms with Crippen LogP contribution in [0.4, 0.5) is 24.5 Å². The monoisotopic (exact) mass is 276 g/mol. The smallest absolute Gasteiger partial charge is 0.398 e. The summed E-state index contributed by atoms with van der Waals surface area (Å²) < 4.78 is 38.3. The van der Waals surface area contributed by atoms with Gasteiger partial charge in [-0.3, -0.25) is 0 Å². The van der Waals surface area contributed by atoms with Crippen LogP contribution in [0.25, 0.3) is 0 Å². The lowest BCUT2D eigenvalue weighted by molar-refractivity contribution is -0.136. The lowest BCUT2D eigenvalue weighted by atomic mass is 10.1. The molecule has 0 unspecified atom stereocenters. The average molecular weight is 276 g/mol. The topological polar surface area (TPSA) is 49.5 Å². The van der Waals surface area contributed by atoms with Gasteiger partial charge in [0.1, 0.15) is 0 Å². The molecule has 0 aliphatic heterocycles. The quantitative estimate of drug-likeness (QED) is 0.785. The Morgan fingerprint density at radius 3 is 2.47 bits per heavy atom.